The molecule has 2 rings (SSSR count). The summed E-state index contributed by atoms with van der Waals surface area (Å²) in [5, 5.41) is 6.23. The molecule has 118 valence electrons. The molecule has 0 aliphatic carbocycles. The normalized spacial score (nSPS) is 15.9. The van der Waals surface area contributed by atoms with Crippen LogP contribution in [0.5, 0.6) is 0 Å². The first-order valence-corrected chi connectivity index (χ1v) is 7.38. The van der Waals surface area contributed by atoms with Gasteiger partial charge < -0.3 is 10.6 Å². The molecule has 1 aromatic rings. The molecule has 0 bridgehead atoms. The van der Waals surface area contributed by atoms with E-state index in [0.717, 1.165) is 5.69 Å². The van der Waals surface area contributed by atoms with Gasteiger partial charge in [0.05, 0.1) is 12.2 Å². The lowest BCUT2D eigenvalue weighted by Crippen LogP contribution is -2.46. The first-order valence-electron chi connectivity index (χ1n) is 7.38. The average Bonchev–Trinajstić information content (AvgIpc) is 2.54. The van der Waals surface area contributed by atoms with E-state index in [9.17, 15) is 9.59 Å². The van der Waals surface area contributed by atoms with Gasteiger partial charge in [-0.1, -0.05) is 6.07 Å². The molecule has 2 N–H and O–H groups in total. The van der Waals surface area contributed by atoms with Crippen molar-refractivity contribution >= 4 is 17.8 Å². The summed E-state index contributed by atoms with van der Waals surface area (Å²) in [6.45, 7) is 1.39. The molecule has 2 heterocycles. The summed E-state index contributed by atoms with van der Waals surface area (Å²) in [6.07, 6.45) is 3.31. The number of likely N-dealkylation sites (tertiary alicyclic amines) is 1. The van der Waals surface area contributed by atoms with E-state index in [1.807, 2.05) is 18.2 Å². The zero-order chi connectivity index (χ0) is 15.8. The Kier molecular flexibility index (Phi) is 5.88. The highest BCUT2D eigenvalue weighted by molar-refractivity contribution is 5.97. The Labute approximate surface area is 129 Å². The first-order chi connectivity index (χ1) is 10.7. The Morgan fingerprint density at radius 3 is 2.68 bits per heavy atom. The second-order valence-electron chi connectivity index (χ2n) is 4.97. The molecular weight excluding hydrogens is 282 g/mol. The third-order valence-electron chi connectivity index (χ3n) is 3.40. The molecule has 0 atom stereocenters. The number of aromatic nitrogens is 1. The van der Waals surface area contributed by atoms with Crippen LogP contribution in [0.2, 0.25) is 0 Å². The SMILES string of the molecule is CN=C(NCCN1C(=O)CCCC1=O)NCc1ccccn1. The van der Waals surface area contributed by atoms with Gasteiger partial charge >= 0.3 is 0 Å². The van der Waals surface area contributed by atoms with Gasteiger partial charge in [-0.3, -0.25) is 24.5 Å². The zero-order valence-corrected chi connectivity index (χ0v) is 12.7. The topological polar surface area (TPSA) is 86.7 Å². The molecule has 0 radical (unpaired) electrons. The Balaban J connectivity index is 1.74. The molecule has 0 spiro atoms. The van der Waals surface area contributed by atoms with Crippen molar-refractivity contribution in [3.05, 3.63) is 30.1 Å². The van der Waals surface area contributed by atoms with E-state index in [2.05, 4.69) is 20.6 Å². The van der Waals surface area contributed by atoms with E-state index in [-0.39, 0.29) is 11.8 Å². The highest BCUT2D eigenvalue weighted by atomic mass is 16.2. The van der Waals surface area contributed by atoms with Crippen molar-refractivity contribution in [3.8, 4) is 0 Å². The number of amides is 2. The molecule has 7 heteroatoms. The van der Waals surface area contributed by atoms with Crippen LogP contribution in [0, 0.1) is 0 Å². The maximum atomic E-state index is 11.7. The molecule has 1 aliphatic heterocycles. The molecule has 7 nitrogen and oxygen atoms in total. The van der Waals surface area contributed by atoms with Crippen molar-refractivity contribution < 1.29 is 9.59 Å². The molecule has 0 saturated carbocycles. The summed E-state index contributed by atoms with van der Waals surface area (Å²) in [5.41, 5.74) is 0.909. The summed E-state index contributed by atoms with van der Waals surface area (Å²) in [7, 11) is 1.67. The fourth-order valence-corrected chi connectivity index (χ4v) is 2.23. The maximum absolute atomic E-state index is 11.7. The minimum absolute atomic E-state index is 0.0884. The highest BCUT2D eigenvalue weighted by Gasteiger charge is 2.25. The van der Waals surface area contributed by atoms with Crippen LogP contribution < -0.4 is 10.6 Å². The van der Waals surface area contributed by atoms with Crippen LogP contribution >= 0.6 is 0 Å². The number of carbonyl (C=O) groups excluding carboxylic acids is 2. The first kappa shape index (κ1) is 15.9. The van der Waals surface area contributed by atoms with Gasteiger partial charge in [-0.2, -0.15) is 0 Å². The van der Waals surface area contributed by atoms with Crippen LogP contribution in [-0.2, 0) is 16.1 Å². The molecule has 22 heavy (non-hydrogen) atoms. The van der Waals surface area contributed by atoms with E-state index in [1.54, 1.807) is 13.2 Å². The van der Waals surface area contributed by atoms with Crippen LogP contribution in [0.1, 0.15) is 25.0 Å². The van der Waals surface area contributed by atoms with E-state index < -0.39 is 0 Å². The lowest BCUT2D eigenvalue weighted by atomic mass is 10.1. The number of carbonyl (C=O) groups is 2. The molecule has 1 fully saturated rings. The molecule has 2 amide bonds. The van der Waals surface area contributed by atoms with Gasteiger partial charge in [0.2, 0.25) is 11.8 Å². The largest absolute Gasteiger partial charge is 0.355 e. The Morgan fingerprint density at radius 1 is 1.27 bits per heavy atom. The van der Waals surface area contributed by atoms with Crippen LogP contribution in [0.25, 0.3) is 0 Å². The second-order valence-corrected chi connectivity index (χ2v) is 4.97. The molecule has 1 aromatic heterocycles. The third-order valence-corrected chi connectivity index (χ3v) is 3.40. The quantitative estimate of drug-likeness (QED) is 0.464. The van der Waals surface area contributed by atoms with Crippen LogP contribution in [0.15, 0.2) is 29.4 Å². The van der Waals surface area contributed by atoms with Gasteiger partial charge in [0.15, 0.2) is 5.96 Å². The summed E-state index contributed by atoms with van der Waals surface area (Å²) in [6, 6.07) is 5.71. The van der Waals surface area contributed by atoms with Crippen LogP contribution in [0.4, 0.5) is 0 Å². The Hall–Kier alpha value is -2.44. The van der Waals surface area contributed by atoms with Crippen molar-refractivity contribution in [2.45, 2.75) is 25.8 Å². The Morgan fingerprint density at radius 2 is 2.05 bits per heavy atom. The maximum Gasteiger partial charge on any atom is 0.229 e. The molecule has 0 aromatic carbocycles. The predicted octanol–water partition coefficient (Wildman–Crippen LogP) is 0.286. The number of guanidine groups is 1. The third kappa shape index (κ3) is 4.54. The van der Waals surface area contributed by atoms with Crippen molar-refractivity contribution in [2.75, 3.05) is 20.1 Å². The number of hydrogen-bond acceptors (Lipinski definition) is 4. The van der Waals surface area contributed by atoms with Gasteiger partial charge in [0.25, 0.3) is 0 Å². The van der Waals surface area contributed by atoms with Gasteiger partial charge in [0.1, 0.15) is 0 Å². The summed E-state index contributed by atoms with van der Waals surface area (Å²) < 4.78 is 0. The van der Waals surface area contributed by atoms with Gasteiger partial charge in [-0.25, -0.2) is 0 Å². The molecule has 0 unspecified atom stereocenters. The number of hydrogen-bond donors (Lipinski definition) is 2. The number of pyridine rings is 1. The molecule has 1 saturated heterocycles. The van der Waals surface area contributed by atoms with Crippen molar-refractivity contribution in [1.29, 1.82) is 0 Å². The van der Waals surface area contributed by atoms with E-state index in [4.69, 9.17) is 0 Å². The van der Waals surface area contributed by atoms with Crippen molar-refractivity contribution in [2.24, 2.45) is 4.99 Å². The number of piperidine rings is 1. The van der Waals surface area contributed by atoms with E-state index >= 15 is 0 Å². The average molecular weight is 303 g/mol. The minimum atomic E-state index is -0.0884. The number of rotatable bonds is 5. The lowest BCUT2D eigenvalue weighted by molar-refractivity contribution is -0.147. The van der Waals surface area contributed by atoms with Crippen molar-refractivity contribution in [3.63, 3.8) is 0 Å². The van der Waals surface area contributed by atoms with Gasteiger partial charge in [-0.05, 0) is 18.6 Å². The smallest absolute Gasteiger partial charge is 0.229 e. The van der Waals surface area contributed by atoms with Gasteiger partial charge in [0, 0.05) is 39.2 Å². The van der Waals surface area contributed by atoms with E-state index in [1.165, 1.54) is 4.90 Å². The number of nitrogens with one attached hydrogen (secondary N) is 2. The monoisotopic (exact) mass is 303 g/mol. The second kappa shape index (κ2) is 8.11. The minimum Gasteiger partial charge on any atom is -0.355 e. The fraction of sp³-hybridized carbons (Fsp3) is 0.467. The lowest BCUT2D eigenvalue weighted by Gasteiger charge is -2.25. The van der Waals surface area contributed by atoms with Crippen molar-refractivity contribution in [1.82, 2.24) is 20.5 Å². The fourth-order valence-electron chi connectivity index (χ4n) is 2.23. The summed E-state index contributed by atoms with van der Waals surface area (Å²) in [5.74, 6) is 0.437. The Bertz CT molecular complexity index is 528. The standard InChI is InChI=1S/C15H21N5O2/c1-16-15(19-11-12-5-2-3-8-17-12)18-9-10-20-13(21)6-4-7-14(20)22/h2-3,5,8H,4,6-7,9-11H2,1H3,(H2,16,18,19). The van der Waals surface area contributed by atoms with Crippen LogP contribution in [-0.4, -0.2) is 47.8 Å². The van der Waals surface area contributed by atoms with E-state index in [0.29, 0.717) is 44.9 Å². The zero-order valence-electron chi connectivity index (χ0n) is 12.7. The summed E-state index contributed by atoms with van der Waals surface area (Å²) in [4.78, 5) is 33.0. The molecule has 1 aliphatic rings. The molecular formula is C15H21N5O2. The number of nitrogens with zero attached hydrogens (tertiary/aromatic N) is 3. The summed E-state index contributed by atoms with van der Waals surface area (Å²) >= 11 is 0. The highest BCUT2D eigenvalue weighted by Crippen LogP contribution is 2.11. The number of imide groups is 1. The number of aliphatic imine (C=N–C) groups is 1. The predicted molar refractivity (Wildman–Crippen MR) is 83.0 cm³/mol. The van der Waals surface area contributed by atoms with Gasteiger partial charge in [-0.15, -0.1) is 0 Å². The van der Waals surface area contributed by atoms with Crippen LogP contribution in [0.3, 0.4) is 0 Å².